The summed E-state index contributed by atoms with van der Waals surface area (Å²) in [6.45, 7) is -0.169. The lowest BCUT2D eigenvalue weighted by Crippen LogP contribution is -2.41. The highest BCUT2D eigenvalue weighted by atomic mass is 35.5. The number of nitrogens with one attached hydrogen (secondary N) is 2. The fourth-order valence-corrected chi connectivity index (χ4v) is 4.96. The van der Waals surface area contributed by atoms with Gasteiger partial charge in [0, 0.05) is 26.9 Å². The number of nitrogens with zero attached hydrogens (tertiary/aromatic N) is 3. The maximum atomic E-state index is 13.5. The predicted octanol–water partition coefficient (Wildman–Crippen LogP) is 2.98. The molecule has 4 rings (SSSR count). The SMILES string of the molecule is NC(=O)c1cc(NC2=NCC(F)CN2)c2cnn(C(C(N)=O)[C@@H](CC(=O)OC(=O)C(F)(F)F)c3cc(Cl)cc(Cl)c3)c2c1. The molecular weight excluding hydrogens is 625 g/mol. The number of esters is 2. The molecule has 18 heteroatoms. The highest BCUT2D eigenvalue weighted by Gasteiger charge is 2.43. The van der Waals surface area contributed by atoms with Crippen molar-refractivity contribution in [2.24, 2.45) is 16.5 Å². The molecule has 0 spiro atoms. The van der Waals surface area contributed by atoms with Gasteiger partial charge >= 0.3 is 18.1 Å². The molecule has 228 valence electrons. The van der Waals surface area contributed by atoms with Crippen molar-refractivity contribution in [3.8, 4) is 0 Å². The first-order valence-electron chi connectivity index (χ1n) is 12.2. The molecule has 0 radical (unpaired) electrons. The van der Waals surface area contributed by atoms with E-state index in [4.69, 9.17) is 34.7 Å². The van der Waals surface area contributed by atoms with Gasteiger partial charge in [0.2, 0.25) is 11.8 Å². The van der Waals surface area contributed by atoms with Crippen LogP contribution in [0.5, 0.6) is 0 Å². The number of hydrogen-bond acceptors (Lipinski definition) is 9. The van der Waals surface area contributed by atoms with E-state index in [0.29, 0.717) is 0 Å². The van der Waals surface area contributed by atoms with Crippen LogP contribution in [0.25, 0.3) is 10.9 Å². The van der Waals surface area contributed by atoms with Crippen LogP contribution in [-0.4, -0.2) is 64.9 Å². The number of aromatic nitrogens is 2. The van der Waals surface area contributed by atoms with E-state index in [-0.39, 0.29) is 56.8 Å². The van der Waals surface area contributed by atoms with Crippen molar-refractivity contribution in [3.63, 3.8) is 0 Å². The van der Waals surface area contributed by atoms with Gasteiger partial charge in [-0.1, -0.05) is 23.2 Å². The number of nitrogens with two attached hydrogens (primary N) is 2. The number of fused-ring (bicyclic) bond motifs is 1. The molecular formula is C25H21Cl2F4N7O5. The molecule has 6 N–H and O–H groups in total. The third-order valence-corrected chi connectivity index (χ3v) is 6.70. The number of hydrogen-bond donors (Lipinski definition) is 4. The average molecular weight is 646 g/mol. The summed E-state index contributed by atoms with van der Waals surface area (Å²) in [5.74, 6) is -7.68. The molecule has 2 amide bonds. The van der Waals surface area contributed by atoms with E-state index in [1.165, 1.54) is 36.5 Å². The fraction of sp³-hybridized carbons (Fsp3) is 0.280. The van der Waals surface area contributed by atoms with Gasteiger partial charge in [-0.2, -0.15) is 18.3 Å². The lowest BCUT2D eigenvalue weighted by Gasteiger charge is -2.26. The molecule has 2 unspecified atom stereocenters. The van der Waals surface area contributed by atoms with Gasteiger partial charge in [0.05, 0.1) is 36.9 Å². The number of amides is 2. The number of primary amides is 2. The Kier molecular flexibility index (Phi) is 9.10. The molecule has 0 fully saturated rings. The molecule has 43 heavy (non-hydrogen) atoms. The summed E-state index contributed by atoms with van der Waals surface area (Å²) in [4.78, 5) is 53.1. The van der Waals surface area contributed by atoms with Gasteiger partial charge in [-0.05, 0) is 35.9 Å². The van der Waals surface area contributed by atoms with Crippen LogP contribution in [0.3, 0.4) is 0 Å². The Morgan fingerprint density at radius 2 is 1.79 bits per heavy atom. The van der Waals surface area contributed by atoms with Gasteiger partial charge in [0.15, 0.2) is 5.96 Å². The fourth-order valence-electron chi connectivity index (χ4n) is 4.41. The predicted molar refractivity (Wildman–Crippen MR) is 146 cm³/mol. The number of carbonyl (C=O) groups is 4. The van der Waals surface area contributed by atoms with E-state index < -0.39 is 54.5 Å². The van der Waals surface area contributed by atoms with Crippen LogP contribution in [0.1, 0.15) is 34.3 Å². The van der Waals surface area contributed by atoms with E-state index in [1.807, 2.05) is 0 Å². The number of halogens is 6. The van der Waals surface area contributed by atoms with Crippen LogP contribution in [0, 0.1) is 0 Å². The van der Waals surface area contributed by atoms with Crippen molar-refractivity contribution in [2.45, 2.75) is 30.7 Å². The minimum absolute atomic E-state index is 0.0374. The third kappa shape index (κ3) is 7.32. The Labute approximate surface area is 249 Å². The number of benzene rings is 2. The summed E-state index contributed by atoms with van der Waals surface area (Å²) in [6.07, 6.45) is -6.40. The van der Waals surface area contributed by atoms with Gasteiger partial charge in [-0.15, -0.1) is 0 Å². The normalized spacial score (nSPS) is 16.5. The standard InChI is InChI=1S/C25H21Cl2F4N7O5/c26-12-1-10(2-13(27)5-12)15(6-19(39)43-23(42)25(29,30)31)20(22(33)41)38-18-4-11(21(32)40)3-17(16(18)9-36-38)37-24-34-7-14(28)8-35-24/h1-5,9,14-15,20H,6-8H2,(H2,32,40)(H2,33,41)(H2,34,35,37)/t15-,20?/m0/s1. The lowest BCUT2D eigenvalue weighted by molar-refractivity contribution is -0.202. The zero-order valence-corrected chi connectivity index (χ0v) is 23.1. The molecule has 0 saturated heterocycles. The summed E-state index contributed by atoms with van der Waals surface area (Å²) < 4.78 is 56.8. The summed E-state index contributed by atoms with van der Waals surface area (Å²) in [6, 6.07) is 4.87. The number of alkyl halides is 4. The Morgan fingerprint density at radius 3 is 2.35 bits per heavy atom. The van der Waals surface area contributed by atoms with Crippen molar-refractivity contribution < 1.29 is 41.5 Å². The largest absolute Gasteiger partial charge is 0.491 e. The average Bonchev–Trinajstić information content (AvgIpc) is 3.32. The summed E-state index contributed by atoms with van der Waals surface area (Å²) >= 11 is 12.2. The number of rotatable bonds is 8. The van der Waals surface area contributed by atoms with Gasteiger partial charge in [0.1, 0.15) is 12.2 Å². The minimum Gasteiger partial charge on any atom is -0.386 e. The second-order valence-electron chi connectivity index (χ2n) is 9.32. The molecule has 1 aliphatic heterocycles. The topological polar surface area (TPSA) is 184 Å². The summed E-state index contributed by atoms with van der Waals surface area (Å²) in [5.41, 5.74) is 11.5. The second-order valence-corrected chi connectivity index (χ2v) is 10.2. The molecule has 3 atom stereocenters. The van der Waals surface area contributed by atoms with E-state index in [2.05, 4.69) is 25.5 Å². The van der Waals surface area contributed by atoms with Gasteiger partial charge in [-0.3, -0.25) is 19.1 Å². The molecule has 0 saturated carbocycles. The van der Waals surface area contributed by atoms with Gasteiger partial charge < -0.3 is 26.8 Å². The quantitative estimate of drug-likeness (QED) is 0.164. The first kappa shape index (κ1) is 31.5. The zero-order chi connectivity index (χ0) is 31.6. The lowest BCUT2D eigenvalue weighted by atomic mass is 9.87. The summed E-state index contributed by atoms with van der Waals surface area (Å²) in [5, 5.41) is 10.2. The Bertz CT molecular complexity index is 1630. The zero-order valence-electron chi connectivity index (χ0n) is 21.6. The molecule has 0 bridgehead atoms. The number of ether oxygens (including phenoxy) is 1. The van der Waals surface area contributed by atoms with Crippen LogP contribution in [0.4, 0.5) is 23.2 Å². The second kappa shape index (κ2) is 12.4. The molecule has 12 nitrogen and oxygen atoms in total. The molecule has 2 aromatic carbocycles. The van der Waals surface area contributed by atoms with Crippen molar-refractivity contribution in [2.75, 3.05) is 18.4 Å². The maximum absolute atomic E-state index is 13.5. The van der Waals surface area contributed by atoms with Crippen LogP contribution in [0.15, 0.2) is 41.5 Å². The van der Waals surface area contributed by atoms with Crippen molar-refractivity contribution in [3.05, 3.63) is 57.7 Å². The number of guanidine groups is 1. The van der Waals surface area contributed by atoms with Crippen LogP contribution in [0.2, 0.25) is 10.0 Å². The Morgan fingerprint density at radius 1 is 1.12 bits per heavy atom. The van der Waals surface area contributed by atoms with Crippen LogP contribution < -0.4 is 22.1 Å². The van der Waals surface area contributed by atoms with E-state index >= 15 is 0 Å². The smallest absolute Gasteiger partial charge is 0.386 e. The minimum atomic E-state index is -5.47. The monoisotopic (exact) mass is 645 g/mol. The van der Waals surface area contributed by atoms with E-state index in [9.17, 15) is 36.7 Å². The molecule has 3 aromatic rings. The Balaban J connectivity index is 1.85. The highest BCUT2D eigenvalue weighted by molar-refractivity contribution is 6.34. The van der Waals surface area contributed by atoms with E-state index in [1.54, 1.807) is 0 Å². The molecule has 0 aliphatic carbocycles. The number of anilines is 1. The number of carbonyl (C=O) groups excluding carboxylic acids is 4. The molecule has 1 aliphatic rings. The van der Waals surface area contributed by atoms with Crippen molar-refractivity contribution in [1.82, 2.24) is 15.1 Å². The van der Waals surface area contributed by atoms with E-state index in [0.717, 1.165) is 4.68 Å². The van der Waals surface area contributed by atoms with Crippen molar-refractivity contribution >= 4 is 69.5 Å². The van der Waals surface area contributed by atoms with Gasteiger partial charge in [-0.25, -0.2) is 14.2 Å². The first-order chi connectivity index (χ1) is 20.1. The third-order valence-electron chi connectivity index (χ3n) is 6.27. The van der Waals surface area contributed by atoms with Crippen molar-refractivity contribution in [1.29, 1.82) is 0 Å². The maximum Gasteiger partial charge on any atom is 0.491 e. The van der Waals surface area contributed by atoms with Crippen LogP contribution >= 0.6 is 23.2 Å². The number of aliphatic imine (C=N–C) groups is 1. The molecule has 2 heterocycles. The summed E-state index contributed by atoms with van der Waals surface area (Å²) in [7, 11) is 0. The Hall–Kier alpha value is -4.44. The first-order valence-corrected chi connectivity index (χ1v) is 13.0. The molecule has 1 aromatic heterocycles. The highest BCUT2D eigenvalue weighted by Crippen LogP contribution is 2.38. The van der Waals surface area contributed by atoms with Crippen LogP contribution in [-0.2, 0) is 19.1 Å². The van der Waals surface area contributed by atoms with Gasteiger partial charge in [0.25, 0.3) is 0 Å².